The van der Waals surface area contributed by atoms with E-state index in [2.05, 4.69) is 6.92 Å². The maximum atomic E-state index is 13.8. The number of ether oxygens (including phenoxy) is 1. The Hall–Kier alpha value is -1.35. The monoisotopic (exact) mass is 265 g/mol. The lowest BCUT2D eigenvalue weighted by atomic mass is 10.0. The largest absolute Gasteiger partial charge is 0.491 e. The summed E-state index contributed by atoms with van der Waals surface area (Å²) in [5.74, 6) is 0.0519. The molecule has 2 N–H and O–H groups in total. The molecule has 0 radical (unpaired) electrons. The summed E-state index contributed by atoms with van der Waals surface area (Å²) >= 11 is 0. The van der Waals surface area contributed by atoms with Gasteiger partial charge in [-0.2, -0.15) is 0 Å². The standard InChI is InChI=1S/C16H24FNO/c1-3-5-6-9-19-16-8-7-14(11-15(16)17)10-13(4-2)12-18/h4,7-8,11H,3,5-6,9-10,12,18H2,1-2H3/b13-4-. The van der Waals surface area contributed by atoms with Crippen molar-refractivity contribution in [2.45, 2.75) is 39.5 Å². The van der Waals surface area contributed by atoms with Gasteiger partial charge in [-0.15, -0.1) is 0 Å². The Balaban J connectivity index is 2.59. The third-order valence-corrected chi connectivity index (χ3v) is 3.10. The van der Waals surface area contributed by atoms with Crippen molar-refractivity contribution >= 4 is 0 Å². The van der Waals surface area contributed by atoms with Gasteiger partial charge >= 0.3 is 0 Å². The van der Waals surface area contributed by atoms with Gasteiger partial charge in [0, 0.05) is 6.54 Å². The Bertz CT molecular complexity index is 415. The van der Waals surface area contributed by atoms with Crippen LogP contribution in [0, 0.1) is 5.82 Å². The van der Waals surface area contributed by atoms with Gasteiger partial charge in [-0.1, -0.05) is 37.5 Å². The molecule has 0 aliphatic rings. The van der Waals surface area contributed by atoms with E-state index in [1.807, 2.05) is 19.1 Å². The maximum Gasteiger partial charge on any atom is 0.165 e. The van der Waals surface area contributed by atoms with Crippen LogP contribution in [0.5, 0.6) is 5.75 Å². The molecule has 0 amide bonds. The molecule has 3 heteroatoms. The van der Waals surface area contributed by atoms with Crippen LogP contribution in [-0.2, 0) is 6.42 Å². The zero-order valence-corrected chi connectivity index (χ0v) is 11.9. The quantitative estimate of drug-likeness (QED) is 0.572. The second-order valence-electron chi connectivity index (χ2n) is 4.65. The number of hydrogen-bond donors (Lipinski definition) is 1. The van der Waals surface area contributed by atoms with Gasteiger partial charge in [-0.3, -0.25) is 0 Å². The Morgan fingerprint density at radius 1 is 1.37 bits per heavy atom. The molecule has 0 spiro atoms. The molecule has 0 fully saturated rings. The van der Waals surface area contributed by atoms with Crippen molar-refractivity contribution in [1.29, 1.82) is 0 Å². The third kappa shape index (κ3) is 5.43. The van der Waals surface area contributed by atoms with Gasteiger partial charge in [0.2, 0.25) is 0 Å². The molecule has 106 valence electrons. The fourth-order valence-corrected chi connectivity index (χ4v) is 1.86. The Morgan fingerprint density at radius 3 is 2.74 bits per heavy atom. The molecule has 1 aromatic carbocycles. The zero-order chi connectivity index (χ0) is 14.1. The van der Waals surface area contributed by atoms with Gasteiger partial charge in [0.25, 0.3) is 0 Å². The van der Waals surface area contributed by atoms with E-state index in [9.17, 15) is 4.39 Å². The lowest BCUT2D eigenvalue weighted by Gasteiger charge is -2.09. The van der Waals surface area contributed by atoms with Gasteiger partial charge < -0.3 is 10.5 Å². The summed E-state index contributed by atoms with van der Waals surface area (Å²) in [5.41, 5.74) is 7.64. The summed E-state index contributed by atoms with van der Waals surface area (Å²) < 4.78 is 19.3. The highest BCUT2D eigenvalue weighted by molar-refractivity contribution is 5.31. The summed E-state index contributed by atoms with van der Waals surface area (Å²) in [6.07, 6.45) is 5.89. The molecule has 0 bridgehead atoms. The van der Waals surface area contributed by atoms with Gasteiger partial charge in [-0.25, -0.2) is 4.39 Å². The molecule has 19 heavy (non-hydrogen) atoms. The predicted octanol–water partition coefficient (Wildman–Crippen LogP) is 3.84. The SMILES string of the molecule is C/C=C(\CN)Cc1ccc(OCCCCC)c(F)c1. The van der Waals surface area contributed by atoms with Crippen molar-refractivity contribution in [1.82, 2.24) is 0 Å². The van der Waals surface area contributed by atoms with E-state index in [4.69, 9.17) is 10.5 Å². The summed E-state index contributed by atoms with van der Waals surface area (Å²) in [6, 6.07) is 5.14. The first-order valence-corrected chi connectivity index (χ1v) is 6.96. The highest BCUT2D eigenvalue weighted by Crippen LogP contribution is 2.20. The van der Waals surface area contributed by atoms with E-state index in [1.165, 1.54) is 6.07 Å². The van der Waals surface area contributed by atoms with Gasteiger partial charge in [0.05, 0.1) is 6.61 Å². The summed E-state index contributed by atoms with van der Waals surface area (Å²) in [5, 5.41) is 0. The van der Waals surface area contributed by atoms with Gasteiger partial charge in [0.1, 0.15) is 0 Å². The molecule has 0 aliphatic carbocycles. The number of rotatable bonds is 8. The van der Waals surface area contributed by atoms with Crippen molar-refractivity contribution in [3.63, 3.8) is 0 Å². The molecule has 1 aromatic rings. The topological polar surface area (TPSA) is 35.2 Å². The number of unbranched alkanes of at least 4 members (excludes halogenated alkanes) is 2. The van der Waals surface area contributed by atoms with Crippen LogP contribution in [0.15, 0.2) is 29.8 Å². The van der Waals surface area contributed by atoms with Crippen LogP contribution in [0.3, 0.4) is 0 Å². The average molecular weight is 265 g/mol. The molecule has 0 saturated carbocycles. The second-order valence-corrected chi connectivity index (χ2v) is 4.65. The summed E-state index contributed by atoms with van der Waals surface area (Å²) in [4.78, 5) is 0. The Labute approximate surface area is 115 Å². The van der Waals surface area contributed by atoms with Crippen LogP contribution < -0.4 is 10.5 Å². The van der Waals surface area contributed by atoms with Gasteiger partial charge in [0.15, 0.2) is 11.6 Å². The molecule has 2 nitrogen and oxygen atoms in total. The van der Waals surface area contributed by atoms with E-state index >= 15 is 0 Å². The van der Waals surface area contributed by atoms with E-state index < -0.39 is 0 Å². The summed E-state index contributed by atoms with van der Waals surface area (Å²) in [6.45, 7) is 5.16. The summed E-state index contributed by atoms with van der Waals surface area (Å²) in [7, 11) is 0. The van der Waals surface area contributed by atoms with E-state index in [0.717, 1.165) is 30.4 Å². The molecular formula is C16H24FNO. The van der Waals surface area contributed by atoms with Crippen LogP contribution in [0.2, 0.25) is 0 Å². The maximum absolute atomic E-state index is 13.8. The lowest BCUT2D eigenvalue weighted by Crippen LogP contribution is -2.06. The van der Waals surface area contributed by atoms with Crippen LogP contribution in [0.25, 0.3) is 0 Å². The number of halogens is 1. The van der Waals surface area contributed by atoms with Crippen LogP contribution in [0.1, 0.15) is 38.7 Å². The average Bonchev–Trinajstić information content (AvgIpc) is 2.42. The zero-order valence-electron chi connectivity index (χ0n) is 11.9. The van der Waals surface area contributed by atoms with Crippen molar-refractivity contribution in [2.75, 3.05) is 13.2 Å². The fourth-order valence-electron chi connectivity index (χ4n) is 1.86. The first-order valence-electron chi connectivity index (χ1n) is 6.96. The molecule has 0 aliphatic heterocycles. The third-order valence-electron chi connectivity index (χ3n) is 3.10. The number of benzene rings is 1. The number of hydrogen-bond acceptors (Lipinski definition) is 2. The molecule has 0 unspecified atom stereocenters. The normalized spacial score (nSPS) is 11.7. The highest BCUT2D eigenvalue weighted by Gasteiger charge is 2.05. The van der Waals surface area contributed by atoms with Gasteiger partial charge in [-0.05, 0) is 37.5 Å². The Morgan fingerprint density at radius 2 is 2.16 bits per heavy atom. The van der Waals surface area contributed by atoms with Crippen molar-refractivity contribution in [3.05, 3.63) is 41.2 Å². The molecule has 0 atom stereocenters. The van der Waals surface area contributed by atoms with E-state index in [-0.39, 0.29) is 5.82 Å². The minimum absolute atomic E-state index is 0.290. The van der Waals surface area contributed by atoms with Crippen molar-refractivity contribution in [3.8, 4) is 5.75 Å². The molecule has 0 aromatic heterocycles. The first kappa shape index (κ1) is 15.7. The predicted molar refractivity (Wildman–Crippen MR) is 77.9 cm³/mol. The van der Waals surface area contributed by atoms with E-state index in [0.29, 0.717) is 25.3 Å². The van der Waals surface area contributed by atoms with E-state index in [1.54, 1.807) is 6.07 Å². The second kappa shape index (κ2) is 8.70. The molecular weight excluding hydrogens is 241 g/mol. The molecule has 0 saturated heterocycles. The fraction of sp³-hybridized carbons (Fsp3) is 0.500. The first-order chi connectivity index (χ1) is 9.21. The number of allylic oxidation sites excluding steroid dienone is 1. The van der Waals surface area contributed by atoms with Crippen LogP contribution in [0.4, 0.5) is 4.39 Å². The smallest absolute Gasteiger partial charge is 0.165 e. The minimum atomic E-state index is -0.290. The van der Waals surface area contributed by atoms with Crippen molar-refractivity contribution < 1.29 is 9.13 Å². The highest BCUT2D eigenvalue weighted by atomic mass is 19.1. The Kier molecular flexibility index (Phi) is 7.19. The van der Waals surface area contributed by atoms with Crippen molar-refractivity contribution in [2.24, 2.45) is 5.73 Å². The van der Waals surface area contributed by atoms with Crippen LogP contribution >= 0.6 is 0 Å². The minimum Gasteiger partial charge on any atom is -0.491 e. The number of nitrogens with two attached hydrogens (primary N) is 1. The lowest BCUT2D eigenvalue weighted by molar-refractivity contribution is 0.291. The molecule has 1 rings (SSSR count). The van der Waals surface area contributed by atoms with Crippen LogP contribution in [-0.4, -0.2) is 13.2 Å². The molecule has 0 heterocycles.